The summed E-state index contributed by atoms with van der Waals surface area (Å²) in [6.07, 6.45) is 4.87. The summed E-state index contributed by atoms with van der Waals surface area (Å²) >= 11 is 0. The number of likely N-dealkylation sites (tertiary alicyclic amines) is 1. The number of rotatable bonds is 2. The van der Waals surface area contributed by atoms with Crippen LogP contribution in [0, 0.1) is 11.3 Å². The Bertz CT molecular complexity index is 594. The summed E-state index contributed by atoms with van der Waals surface area (Å²) in [7, 11) is 0. The minimum Gasteiger partial charge on any atom is -0.339 e. The first-order valence-corrected chi connectivity index (χ1v) is 10.5. The van der Waals surface area contributed by atoms with Gasteiger partial charge in [-0.2, -0.15) is 0 Å². The molecule has 3 rings (SSSR count). The van der Waals surface area contributed by atoms with E-state index in [-0.39, 0.29) is 35.7 Å². The van der Waals surface area contributed by atoms with Gasteiger partial charge in [0, 0.05) is 49.6 Å². The van der Waals surface area contributed by atoms with E-state index in [2.05, 4.69) is 0 Å². The van der Waals surface area contributed by atoms with E-state index < -0.39 is 5.41 Å². The Morgan fingerprint density at radius 3 is 2.04 bits per heavy atom. The van der Waals surface area contributed by atoms with Crippen molar-refractivity contribution in [1.82, 2.24) is 14.7 Å². The maximum Gasteiger partial charge on any atom is 0.228 e. The van der Waals surface area contributed by atoms with Crippen LogP contribution >= 0.6 is 0 Å². The fourth-order valence-corrected chi connectivity index (χ4v) is 5.07. The van der Waals surface area contributed by atoms with Gasteiger partial charge in [0.1, 0.15) is 0 Å². The van der Waals surface area contributed by atoms with Gasteiger partial charge < -0.3 is 14.7 Å². The lowest BCUT2D eigenvalue weighted by Crippen LogP contribution is -2.62. The molecule has 2 saturated heterocycles. The van der Waals surface area contributed by atoms with Gasteiger partial charge in [-0.15, -0.1) is 0 Å². The van der Waals surface area contributed by atoms with E-state index in [4.69, 9.17) is 0 Å². The molecule has 2 heterocycles. The third-order valence-electron chi connectivity index (χ3n) is 6.38. The van der Waals surface area contributed by atoms with Crippen LogP contribution in [0.15, 0.2) is 0 Å². The van der Waals surface area contributed by atoms with Crippen LogP contribution in [0.5, 0.6) is 0 Å². The van der Waals surface area contributed by atoms with Gasteiger partial charge in [-0.3, -0.25) is 14.4 Å². The summed E-state index contributed by atoms with van der Waals surface area (Å²) in [6, 6.07) is 0.290. The lowest BCUT2D eigenvalue weighted by atomic mass is 9.93. The minimum atomic E-state index is -0.411. The summed E-state index contributed by atoms with van der Waals surface area (Å²) in [5.74, 6) is 0.137. The van der Waals surface area contributed by atoms with Crippen molar-refractivity contribution >= 4 is 17.7 Å². The number of carbonyl (C=O) groups excluding carboxylic acids is 3. The lowest BCUT2D eigenvalue weighted by molar-refractivity contribution is -0.152. The highest BCUT2D eigenvalue weighted by molar-refractivity contribution is 5.90. The third kappa shape index (κ3) is 3.99. The molecule has 0 bridgehead atoms. The summed E-state index contributed by atoms with van der Waals surface area (Å²) in [5.41, 5.74) is -0.411. The third-order valence-corrected chi connectivity index (χ3v) is 6.38. The van der Waals surface area contributed by atoms with Crippen molar-refractivity contribution in [3.8, 4) is 0 Å². The number of hydrogen-bond donors (Lipinski definition) is 0. The zero-order valence-electron chi connectivity index (χ0n) is 17.5. The van der Waals surface area contributed by atoms with Crippen LogP contribution in [-0.4, -0.2) is 70.2 Å². The molecule has 6 heteroatoms. The molecule has 3 fully saturated rings. The molecule has 3 unspecified atom stereocenters. The van der Waals surface area contributed by atoms with E-state index in [9.17, 15) is 14.4 Å². The van der Waals surface area contributed by atoms with Crippen molar-refractivity contribution in [2.24, 2.45) is 11.3 Å². The largest absolute Gasteiger partial charge is 0.339 e. The molecule has 3 atom stereocenters. The van der Waals surface area contributed by atoms with Crippen molar-refractivity contribution < 1.29 is 14.4 Å². The van der Waals surface area contributed by atoms with Gasteiger partial charge in [0.05, 0.1) is 5.92 Å². The van der Waals surface area contributed by atoms with Crippen molar-refractivity contribution in [3.63, 3.8) is 0 Å². The molecule has 0 aromatic rings. The molecule has 0 aromatic carbocycles. The van der Waals surface area contributed by atoms with E-state index in [1.807, 2.05) is 49.3 Å². The molecule has 2 aliphatic heterocycles. The van der Waals surface area contributed by atoms with Gasteiger partial charge in [-0.1, -0.05) is 33.6 Å². The summed E-state index contributed by atoms with van der Waals surface area (Å²) < 4.78 is 0. The molecule has 0 N–H and O–H groups in total. The Kier molecular flexibility index (Phi) is 5.55. The van der Waals surface area contributed by atoms with Gasteiger partial charge in [0.2, 0.25) is 17.7 Å². The molecule has 152 valence electrons. The van der Waals surface area contributed by atoms with Crippen LogP contribution in [0.1, 0.15) is 66.7 Å². The molecule has 0 spiro atoms. The topological polar surface area (TPSA) is 60.9 Å². The average molecular weight is 378 g/mol. The maximum atomic E-state index is 13.2. The number of hydrogen-bond acceptors (Lipinski definition) is 3. The number of piperazine rings is 1. The predicted octanol–water partition coefficient (Wildman–Crippen LogP) is 2.27. The monoisotopic (exact) mass is 377 g/mol. The summed E-state index contributed by atoms with van der Waals surface area (Å²) in [4.78, 5) is 44.2. The molecular formula is C21H35N3O3. The highest BCUT2D eigenvalue weighted by Gasteiger charge is 2.44. The zero-order valence-corrected chi connectivity index (χ0v) is 17.5. The minimum absolute atomic E-state index is 0.0248. The highest BCUT2D eigenvalue weighted by atomic mass is 16.2. The van der Waals surface area contributed by atoms with E-state index in [0.29, 0.717) is 32.1 Å². The summed E-state index contributed by atoms with van der Waals surface area (Å²) in [5, 5.41) is 0. The molecule has 1 aliphatic carbocycles. The standard InChI is InChI=1S/C21H35N3O3/c1-14-11-22(20(27)21(3,4)5)12-15(2)24(14)19(26)16-10-18(25)23(13-16)17-8-6-7-9-17/h14-17H,6-13H2,1-5H3. The number of amides is 3. The Morgan fingerprint density at radius 1 is 0.963 bits per heavy atom. The Labute approximate surface area is 163 Å². The highest BCUT2D eigenvalue weighted by Crippen LogP contribution is 2.32. The van der Waals surface area contributed by atoms with E-state index in [0.717, 1.165) is 12.8 Å². The SMILES string of the molecule is CC1CN(C(=O)C(C)(C)C)CC(C)N1C(=O)C1CC(=O)N(C2CCCC2)C1. The fourth-order valence-electron chi connectivity index (χ4n) is 5.07. The number of carbonyl (C=O) groups is 3. The first kappa shape index (κ1) is 20.2. The van der Waals surface area contributed by atoms with Crippen LogP contribution in [0.2, 0.25) is 0 Å². The maximum absolute atomic E-state index is 13.2. The van der Waals surface area contributed by atoms with Crippen LogP contribution < -0.4 is 0 Å². The Balaban J connectivity index is 1.65. The molecule has 0 aromatic heterocycles. The first-order valence-electron chi connectivity index (χ1n) is 10.5. The van der Waals surface area contributed by atoms with Gasteiger partial charge >= 0.3 is 0 Å². The molecule has 1 saturated carbocycles. The van der Waals surface area contributed by atoms with Gasteiger partial charge in [-0.25, -0.2) is 0 Å². The van der Waals surface area contributed by atoms with Crippen molar-refractivity contribution in [2.45, 2.75) is 84.8 Å². The molecule has 3 aliphatic rings. The van der Waals surface area contributed by atoms with Crippen molar-refractivity contribution in [1.29, 1.82) is 0 Å². The predicted molar refractivity (Wildman–Crippen MR) is 104 cm³/mol. The second-order valence-corrected chi connectivity index (χ2v) is 9.79. The molecule has 0 radical (unpaired) electrons. The number of nitrogens with zero attached hydrogens (tertiary/aromatic N) is 3. The van der Waals surface area contributed by atoms with Crippen LogP contribution in [0.4, 0.5) is 0 Å². The van der Waals surface area contributed by atoms with Gasteiger partial charge in [-0.05, 0) is 26.7 Å². The quantitative estimate of drug-likeness (QED) is 0.742. The normalized spacial score (nSPS) is 30.3. The van der Waals surface area contributed by atoms with Crippen molar-refractivity contribution in [2.75, 3.05) is 19.6 Å². The smallest absolute Gasteiger partial charge is 0.228 e. The lowest BCUT2D eigenvalue weighted by Gasteiger charge is -2.46. The average Bonchev–Trinajstić information content (AvgIpc) is 3.21. The zero-order chi connectivity index (χ0) is 19.9. The van der Waals surface area contributed by atoms with Gasteiger partial charge in [0.15, 0.2) is 0 Å². The van der Waals surface area contributed by atoms with E-state index in [1.165, 1.54) is 12.8 Å². The molecule has 27 heavy (non-hydrogen) atoms. The fraction of sp³-hybridized carbons (Fsp3) is 0.857. The summed E-state index contributed by atoms with van der Waals surface area (Å²) in [6.45, 7) is 11.5. The first-order chi connectivity index (χ1) is 12.6. The molecule has 6 nitrogen and oxygen atoms in total. The van der Waals surface area contributed by atoms with Gasteiger partial charge in [0.25, 0.3) is 0 Å². The molecule has 3 amide bonds. The van der Waals surface area contributed by atoms with E-state index >= 15 is 0 Å². The van der Waals surface area contributed by atoms with Crippen LogP contribution in [0.25, 0.3) is 0 Å². The van der Waals surface area contributed by atoms with Crippen molar-refractivity contribution in [3.05, 3.63) is 0 Å². The van der Waals surface area contributed by atoms with Crippen LogP contribution in [-0.2, 0) is 14.4 Å². The second kappa shape index (κ2) is 7.44. The van der Waals surface area contributed by atoms with Crippen LogP contribution in [0.3, 0.4) is 0 Å². The molecular weight excluding hydrogens is 342 g/mol. The Hall–Kier alpha value is -1.59. The Morgan fingerprint density at radius 2 is 1.52 bits per heavy atom. The second-order valence-electron chi connectivity index (χ2n) is 9.79. The van der Waals surface area contributed by atoms with E-state index in [1.54, 1.807) is 0 Å².